The van der Waals surface area contributed by atoms with E-state index in [-0.39, 0.29) is 29.5 Å². The van der Waals surface area contributed by atoms with E-state index < -0.39 is 0 Å². The van der Waals surface area contributed by atoms with Gasteiger partial charge in [-0.3, -0.25) is 9.59 Å². The lowest BCUT2D eigenvalue weighted by molar-refractivity contribution is -0.142. The van der Waals surface area contributed by atoms with E-state index in [2.05, 4.69) is 10.5 Å². The second kappa shape index (κ2) is 6.11. The first-order valence-electron chi connectivity index (χ1n) is 8.32. The van der Waals surface area contributed by atoms with Gasteiger partial charge in [-0.15, -0.1) is 0 Å². The number of benzene rings is 1. The predicted molar refractivity (Wildman–Crippen MR) is 87.1 cm³/mol. The van der Waals surface area contributed by atoms with E-state index in [1.54, 1.807) is 6.07 Å². The maximum absolute atomic E-state index is 12.2. The van der Waals surface area contributed by atoms with Crippen LogP contribution < -0.4 is 5.32 Å². The van der Waals surface area contributed by atoms with Gasteiger partial charge in [0.15, 0.2) is 0 Å². The van der Waals surface area contributed by atoms with Crippen LogP contribution in [0.15, 0.2) is 40.9 Å². The quantitative estimate of drug-likeness (QED) is 0.934. The van der Waals surface area contributed by atoms with Gasteiger partial charge in [0.1, 0.15) is 5.69 Å². The average molecular weight is 325 g/mol. The summed E-state index contributed by atoms with van der Waals surface area (Å²) in [5.41, 5.74) is 1.55. The number of aromatic nitrogens is 1. The highest BCUT2D eigenvalue weighted by atomic mass is 16.5. The van der Waals surface area contributed by atoms with Crippen molar-refractivity contribution in [2.75, 3.05) is 13.1 Å². The lowest BCUT2D eigenvalue weighted by Crippen LogP contribution is -2.53. The fraction of sp³-hybridized carbons (Fsp3) is 0.389. The molecule has 0 atom stereocenters. The number of nitrogens with one attached hydrogen (secondary N) is 1. The molecular formula is C18H19N3O3. The Bertz CT molecular complexity index is 746. The Morgan fingerprint density at radius 2 is 1.92 bits per heavy atom. The summed E-state index contributed by atoms with van der Waals surface area (Å²) in [6.07, 6.45) is 2.52. The highest BCUT2D eigenvalue weighted by Gasteiger charge is 2.39. The summed E-state index contributed by atoms with van der Waals surface area (Å²) in [7, 11) is 0. The third-order valence-electron chi connectivity index (χ3n) is 4.79. The summed E-state index contributed by atoms with van der Waals surface area (Å²) in [6, 6.07) is 11.3. The fourth-order valence-corrected chi connectivity index (χ4v) is 3.12. The minimum Gasteiger partial charge on any atom is -0.350 e. The molecule has 6 nitrogen and oxygen atoms in total. The molecule has 0 spiro atoms. The molecule has 0 radical (unpaired) electrons. The number of amides is 2. The maximum atomic E-state index is 12.2. The number of carbonyl (C=O) groups excluding carboxylic acids is 2. The van der Waals surface area contributed by atoms with E-state index >= 15 is 0 Å². The number of rotatable bonds is 4. The largest absolute Gasteiger partial charge is 0.350 e. The van der Waals surface area contributed by atoms with Crippen molar-refractivity contribution in [2.24, 2.45) is 5.92 Å². The van der Waals surface area contributed by atoms with Crippen molar-refractivity contribution >= 4 is 11.8 Å². The molecule has 4 rings (SSSR count). The van der Waals surface area contributed by atoms with E-state index in [1.807, 2.05) is 35.2 Å². The van der Waals surface area contributed by atoms with Crippen LogP contribution in [0.3, 0.4) is 0 Å². The van der Waals surface area contributed by atoms with Gasteiger partial charge in [0.05, 0.1) is 0 Å². The Morgan fingerprint density at radius 3 is 2.58 bits per heavy atom. The number of likely N-dealkylation sites (tertiary alicyclic amines) is 1. The zero-order chi connectivity index (χ0) is 16.5. The lowest BCUT2D eigenvalue weighted by atomic mass is 9.78. The predicted octanol–water partition coefficient (Wildman–Crippen LogP) is 2.08. The molecule has 1 aliphatic heterocycles. The van der Waals surface area contributed by atoms with Crippen LogP contribution in [0.25, 0.3) is 11.3 Å². The van der Waals surface area contributed by atoms with Crippen molar-refractivity contribution in [3.8, 4) is 11.3 Å². The van der Waals surface area contributed by atoms with E-state index in [1.165, 1.54) is 0 Å². The first-order valence-corrected chi connectivity index (χ1v) is 8.32. The zero-order valence-corrected chi connectivity index (χ0v) is 13.3. The smallest absolute Gasteiger partial charge is 0.290 e. The molecule has 1 saturated heterocycles. The minimum absolute atomic E-state index is 0.0398. The number of hydrogen-bond donors (Lipinski definition) is 1. The SMILES string of the molecule is O=C(N[C@H]1C[C@H](C(=O)N2CCC2)C1)c1cc(-c2ccccc2)no1. The topological polar surface area (TPSA) is 75.4 Å². The van der Waals surface area contributed by atoms with Gasteiger partial charge < -0.3 is 14.7 Å². The van der Waals surface area contributed by atoms with Gasteiger partial charge in [0.2, 0.25) is 11.7 Å². The number of nitrogens with zero attached hydrogens (tertiary/aromatic N) is 2. The van der Waals surface area contributed by atoms with Crippen LogP contribution in [-0.4, -0.2) is 41.0 Å². The third-order valence-corrected chi connectivity index (χ3v) is 4.79. The van der Waals surface area contributed by atoms with E-state index in [0.29, 0.717) is 18.5 Å². The summed E-state index contributed by atoms with van der Waals surface area (Å²) in [6.45, 7) is 1.76. The molecule has 124 valence electrons. The standard InChI is InChI=1S/C18H19N3O3/c22-17(16-11-15(20-24-16)12-5-2-1-3-6-12)19-14-9-13(10-14)18(23)21-7-4-8-21/h1-3,5-6,11,13-14H,4,7-10H2,(H,19,22)/t13-,14-. The van der Waals surface area contributed by atoms with Gasteiger partial charge in [-0.05, 0) is 19.3 Å². The Labute approximate surface area is 139 Å². The fourth-order valence-electron chi connectivity index (χ4n) is 3.12. The Morgan fingerprint density at radius 1 is 1.17 bits per heavy atom. The molecule has 0 bridgehead atoms. The zero-order valence-electron chi connectivity index (χ0n) is 13.3. The van der Waals surface area contributed by atoms with Gasteiger partial charge in [-0.1, -0.05) is 35.5 Å². The van der Waals surface area contributed by atoms with E-state index in [4.69, 9.17) is 4.52 Å². The van der Waals surface area contributed by atoms with E-state index in [0.717, 1.165) is 25.1 Å². The van der Waals surface area contributed by atoms with Gasteiger partial charge in [0.25, 0.3) is 5.91 Å². The molecule has 1 N–H and O–H groups in total. The van der Waals surface area contributed by atoms with Crippen molar-refractivity contribution in [3.05, 3.63) is 42.2 Å². The van der Waals surface area contributed by atoms with Crippen LogP contribution in [0.4, 0.5) is 0 Å². The molecule has 24 heavy (non-hydrogen) atoms. The van der Waals surface area contributed by atoms with Crippen LogP contribution in [0, 0.1) is 5.92 Å². The minimum atomic E-state index is -0.274. The van der Waals surface area contributed by atoms with Crippen molar-refractivity contribution in [3.63, 3.8) is 0 Å². The normalized spacial score (nSPS) is 22.4. The summed E-state index contributed by atoms with van der Waals surface area (Å²) in [5, 5.41) is 6.86. The van der Waals surface area contributed by atoms with Crippen LogP contribution in [-0.2, 0) is 4.79 Å². The van der Waals surface area contributed by atoms with Crippen molar-refractivity contribution in [1.29, 1.82) is 0 Å². The molecule has 1 saturated carbocycles. The van der Waals surface area contributed by atoms with Crippen LogP contribution in [0.1, 0.15) is 29.8 Å². The highest BCUT2D eigenvalue weighted by molar-refractivity contribution is 5.93. The Hall–Kier alpha value is -2.63. The summed E-state index contributed by atoms with van der Waals surface area (Å²) >= 11 is 0. The molecule has 2 amide bonds. The molecule has 2 aliphatic rings. The lowest BCUT2D eigenvalue weighted by Gasteiger charge is -2.40. The summed E-state index contributed by atoms with van der Waals surface area (Å²) in [4.78, 5) is 26.2. The molecular weight excluding hydrogens is 306 g/mol. The first-order chi connectivity index (χ1) is 11.7. The summed E-state index contributed by atoms with van der Waals surface area (Å²) < 4.78 is 5.15. The number of carbonyl (C=O) groups is 2. The van der Waals surface area contributed by atoms with Crippen molar-refractivity contribution in [2.45, 2.75) is 25.3 Å². The average Bonchev–Trinajstić information content (AvgIpc) is 2.99. The van der Waals surface area contributed by atoms with Crippen molar-refractivity contribution < 1.29 is 14.1 Å². The Kier molecular flexibility index (Phi) is 3.80. The van der Waals surface area contributed by atoms with Crippen molar-refractivity contribution in [1.82, 2.24) is 15.4 Å². The molecule has 2 aromatic rings. The molecule has 6 heteroatoms. The number of hydrogen-bond acceptors (Lipinski definition) is 4. The van der Waals surface area contributed by atoms with Gasteiger partial charge in [-0.2, -0.15) is 0 Å². The van der Waals surface area contributed by atoms with E-state index in [9.17, 15) is 9.59 Å². The van der Waals surface area contributed by atoms with Gasteiger partial charge in [0, 0.05) is 36.7 Å². The van der Waals surface area contributed by atoms with Crippen LogP contribution in [0.2, 0.25) is 0 Å². The van der Waals surface area contributed by atoms with Crippen LogP contribution in [0.5, 0.6) is 0 Å². The molecule has 1 aromatic carbocycles. The monoisotopic (exact) mass is 325 g/mol. The maximum Gasteiger partial charge on any atom is 0.290 e. The third kappa shape index (κ3) is 2.79. The molecule has 1 aromatic heterocycles. The first kappa shape index (κ1) is 14.9. The Balaban J connectivity index is 1.31. The second-order valence-electron chi connectivity index (χ2n) is 6.46. The van der Waals surface area contributed by atoms with Crippen LogP contribution >= 0.6 is 0 Å². The molecule has 2 fully saturated rings. The molecule has 1 aliphatic carbocycles. The second-order valence-corrected chi connectivity index (χ2v) is 6.46. The van der Waals surface area contributed by atoms with Gasteiger partial charge in [-0.25, -0.2) is 0 Å². The van der Waals surface area contributed by atoms with Gasteiger partial charge >= 0.3 is 0 Å². The highest BCUT2D eigenvalue weighted by Crippen LogP contribution is 2.31. The molecule has 2 heterocycles. The molecule has 0 unspecified atom stereocenters. The summed E-state index contributed by atoms with van der Waals surface area (Å²) in [5.74, 6) is 0.221.